The highest BCUT2D eigenvalue weighted by molar-refractivity contribution is 7.98. The van der Waals surface area contributed by atoms with E-state index >= 15 is 0 Å². The predicted molar refractivity (Wildman–Crippen MR) is 99.8 cm³/mol. The summed E-state index contributed by atoms with van der Waals surface area (Å²) in [6.45, 7) is 9.40. The van der Waals surface area contributed by atoms with Gasteiger partial charge >= 0.3 is 0 Å². The minimum absolute atomic E-state index is 0.105. The summed E-state index contributed by atoms with van der Waals surface area (Å²) in [5.41, 5.74) is 1.71. The van der Waals surface area contributed by atoms with Crippen molar-refractivity contribution >= 4 is 10.9 Å². The highest BCUT2D eigenvalue weighted by Gasteiger charge is 2.69. The summed E-state index contributed by atoms with van der Waals surface area (Å²) >= 11 is 0. The molecule has 2 aromatic carbocycles. The summed E-state index contributed by atoms with van der Waals surface area (Å²) in [5.74, 6) is 0.729. The van der Waals surface area contributed by atoms with Crippen LogP contribution in [0.2, 0.25) is 0 Å². The lowest BCUT2D eigenvalue weighted by molar-refractivity contribution is 0.321. The zero-order valence-electron chi connectivity index (χ0n) is 14.1. The Morgan fingerprint density at radius 3 is 1.87 bits per heavy atom. The largest absolute Gasteiger partial charge is 0.161 e. The molecule has 0 spiro atoms. The maximum Gasteiger partial charge on any atom is 0.161 e. The van der Waals surface area contributed by atoms with Crippen LogP contribution in [-0.4, -0.2) is 4.75 Å². The fourth-order valence-electron chi connectivity index (χ4n) is 4.82. The van der Waals surface area contributed by atoms with Gasteiger partial charge in [-0.15, -0.1) is 0 Å². The van der Waals surface area contributed by atoms with Gasteiger partial charge in [0, 0.05) is 18.3 Å². The third kappa shape index (κ3) is 2.06. The van der Waals surface area contributed by atoms with E-state index in [2.05, 4.69) is 81.1 Å². The van der Waals surface area contributed by atoms with Crippen LogP contribution >= 0.6 is 0 Å². The Bertz CT molecular complexity index is 677. The first-order valence-corrected chi connectivity index (χ1v) is 9.82. The molecule has 2 saturated carbocycles. The van der Waals surface area contributed by atoms with Crippen LogP contribution in [0, 0.1) is 11.3 Å². The smallest absolute Gasteiger partial charge is 0.0988 e. The SMILES string of the molecule is C=C1C2CCC([S+](c3ccccc3)c3ccccc3)(C2)C1(C)C. The van der Waals surface area contributed by atoms with Crippen LogP contribution in [0.5, 0.6) is 0 Å². The summed E-state index contributed by atoms with van der Waals surface area (Å²) in [5, 5.41) is 0. The Hall–Kier alpha value is -1.47. The van der Waals surface area contributed by atoms with E-state index in [0.29, 0.717) is 4.75 Å². The van der Waals surface area contributed by atoms with Gasteiger partial charge in [-0.25, -0.2) is 0 Å². The second kappa shape index (κ2) is 5.27. The van der Waals surface area contributed by atoms with Crippen molar-refractivity contribution in [2.45, 2.75) is 47.6 Å². The van der Waals surface area contributed by atoms with Gasteiger partial charge in [-0.05, 0) is 36.6 Å². The molecule has 2 fully saturated rings. The molecule has 0 N–H and O–H groups in total. The molecule has 2 aliphatic rings. The second-order valence-electron chi connectivity index (χ2n) is 7.52. The first-order chi connectivity index (χ1) is 11.1. The molecule has 4 rings (SSSR count). The standard InChI is InChI=1S/C22H25S/c1-17-18-14-15-22(16-18,21(17,2)3)23(19-10-6-4-7-11-19)20-12-8-5-9-13-20/h4-13,18H,1,14-16H2,2-3H3/q+1. The second-order valence-corrected chi connectivity index (χ2v) is 9.85. The van der Waals surface area contributed by atoms with Crippen molar-refractivity contribution in [3.05, 3.63) is 72.8 Å². The quantitative estimate of drug-likeness (QED) is 0.491. The molecule has 23 heavy (non-hydrogen) atoms. The Labute approximate surface area is 143 Å². The molecule has 118 valence electrons. The van der Waals surface area contributed by atoms with Crippen molar-refractivity contribution in [3.63, 3.8) is 0 Å². The highest BCUT2D eigenvalue weighted by Crippen LogP contribution is 2.67. The van der Waals surface area contributed by atoms with Gasteiger partial charge < -0.3 is 0 Å². The molecular weight excluding hydrogens is 296 g/mol. The van der Waals surface area contributed by atoms with Gasteiger partial charge in [-0.1, -0.05) is 62.4 Å². The Morgan fingerprint density at radius 2 is 1.43 bits per heavy atom. The van der Waals surface area contributed by atoms with E-state index < -0.39 is 0 Å². The first kappa shape index (κ1) is 15.1. The number of hydrogen-bond acceptors (Lipinski definition) is 0. The lowest BCUT2D eigenvalue weighted by Crippen LogP contribution is -2.47. The van der Waals surface area contributed by atoms with Crippen molar-refractivity contribution in [1.29, 1.82) is 0 Å². The van der Waals surface area contributed by atoms with Crippen LogP contribution in [0.1, 0.15) is 33.1 Å². The maximum atomic E-state index is 4.51. The topological polar surface area (TPSA) is 0 Å². The summed E-state index contributed by atoms with van der Waals surface area (Å²) in [6.07, 6.45) is 3.97. The Morgan fingerprint density at radius 1 is 0.913 bits per heavy atom. The van der Waals surface area contributed by atoms with Gasteiger partial charge in [0.15, 0.2) is 9.79 Å². The average molecular weight is 322 g/mol. The Balaban J connectivity index is 1.92. The minimum atomic E-state index is 0.105. The summed E-state index contributed by atoms with van der Waals surface area (Å²) in [4.78, 5) is 2.98. The molecule has 0 saturated heterocycles. The predicted octanol–water partition coefficient (Wildman–Crippen LogP) is 5.86. The fraction of sp³-hybridized carbons (Fsp3) is 0.364. The van der Waals surface area contributed by atoms with Crippen molar-refractivity contribution in [3.8, 4) is 0 Å². The van der Waals surface area contributed by atoms with E-state index in [4.69, 9.17) is 0 Å². The van der Waals surface area contributed by atoms with Crippen molar-refractivity contribution < 1.29 is 0 Å². The molecule has 2 atom stereocenters. The van der Waals surface area contributed by atoms with E-state index in [9.17, 15) is 0 Å². The van der Waals surface area contributed by atoms with Gasteiger partial charge in [-0.3, -0.25) is 0 Å². The number of rotatable bonds is 3. The van der Waals surface area contributed by atoms with Crippen LogP contribution in [0.4, 0.5) is 0 Å². The summed E-state index contributed by atoms with van der Waals surface area (Å²) in [6, 6.07) is 22.3. The number of fused-ring (bicyclic) bond motifs is 2. The van der Waals surface area contributed by atoms with Crippen molar-refractivity contribution in [1.82, 2.24) is 0 Å². The zero-order chi connectivity index (χ0) is 16.1. The van der Waals surface area contributed by atoms with Crippen molar-refractivity contribution in [2.24, 2.45) is 11.3 Å². The van der Waals surface area contributed by atoms with Crippen LogP contribution in [-0.2, 0) is 10.9 Å². The number of allylic oxidation sites excluding steroid dienone is 1. The van der Waals surface area contributed by atoms with Gasteiger partial charge in [0.1, 0.15) is 4.75 Å². The maximum absolute atomic E-state index is 4.51. The molecule has 0 amide bonds. The van der Waals surface area contributed by atoms with E-state index in [1.165, 1.54) is 34.6 Å². The first-order valence-electron chi connectivity index (χ1n) is 8.60. The monoisotopic (exact) mass is 321 g/mol. The molecule has 2 unspecified atom stereocenters. The van der Waals surface area contributed by atoms with E-state index in [1.807, 2.05) is 0 Å². The third-order valence-corrected chi connectivity index (χ3v) is 9.41. The lowest BCUT2D eigenvalue weighted by Gasteiger charge is -2.41. The molecule has 1 heteroatoms. The van der Waals surface area contributed by atoms with E-state index in [0.717, 1.165) is 5.92 Å². The number of hydrogen-bond donors (Lipinski definition) is 0. The summed E-state index contributed by atoms with van der Waals surface area (Å²) < 4.78 is 0.331. The molecule has 2 aromatic rings. The summed E-state index contributed by atoms with van der Waals surface area (Å²) in [7, 11) is 0.105. The van der Waals surface area contributed by atoms with E-state index in [1.54, 1.807) is 0 Å². The molecule has 0 heterocycles. The van der Waals surface area contributed by atoms with Crippen molar-refractivity contribution in [2.75, 3.05) is 0 Å². The molecule has 2 bridgehead atoms. The number of benzene rings is 2. The Kier molecular flexibility index (Phi) is 3.46. The molecular formula is C22H25S+. The van der Waals surface area contributed by atoms with Crippen LogP contribution in [0.3, 0.4) is 0 Å². The minimum Gasteiger partial charge on any atom is -0.0988 e. The van der Waals surface area contributed by atoms with Gasteiger partial charge in [0.2, 0.25) is 0 Å². The highest BCUT2D eigenvalue weighted by atomic mass is 32.2. The van der Waals surface area contributed by atoms with Gasteiger partial charge in [-0.2, -0.15) is 0 Å². The van der Waals surface area contributed by atoms with Crippen LogP contribution in [0.25, 0.3) is 0 Å². The van der Waals surface area contributed by atoms with Gasteiger partial charge in [0.25, 0.3) is 0 Å². The third-order valence-electron chi connectivity index (χ3n) is 6.26. The van der Waals surface area contributed by atoms with Gasteiger partial charge in [0.05, 0.1) is 10.9 Å². The fourth-order valence-corrected chi connectivity index (χ4v) is 8.18. The van der Waals surface area contributed by atoms with E-state index in [-0.39, 0.29) is 16.3 Å². The average Bonchev–Trinajstić information content (AvgIpc) is 3.09. The molecule has 2 aliphatic carbocycles. The molecule has 0 aliphatic heterocycles. The lowest BCUT2D eigenvalue weighted by atomic mass is 9.73. The molecule has 0 nitrogen and oxygen atoms in total. The normalized spacial score (nSPS) is 28.5. The van der Waals surface area contributed by atoms with Crippen LogP contribution < -0.4 is 0 Å². The van der Waals surface area contributed by atoms with Crippen LogP contribution in [0.15, 0.2) is 82.6 Å². The molecule has 0 radical (unpaired) electrons. The zero-order valence-corrected chi connectivity index (χ0v) is 14.9. The molecule has 0 aromatic heterocycles.